The topological polar surface area (TPSA) is 112 Å². The zero-order chi connectivity index (χ0) is 17.4. The number of primary amides is 1. The summed E-state index contributed by atoms with van der Waals surface area (Å²) in [5, 5.41) is 5.55. The van der Waals surface area contributed by atoms with Gasteiger partial charge in [0.1, 0.15) is 0 Å². The number of carbonyl (C=O) groups excluding carboxylic acids is 2. The van der Waals surface area contributed by atoms with Crippen LogP contribution in [-0.2, 0) is 16.1 Å². The van der Waals surface area contributed by atoms with E-state index >= 15 is 0 Å². The fourth-order valence-electron chi connectivity index (χ4n) is 2.35. The van der Waals surface area contributed by atoms with Gasteiger partial charge in [0.25, 0.3) is 5.91 Å². The molecule has 1 aromatic rings. The van der Waals surface area contributed by atoms with Crippen LogP contribution in [0.3, 0.4) is 0 Å². The van der Waals surface area contributed by atoms with Crippen molar-refractivity contribution in [2.45, 2.75) is 25.5 Å². The minimum absolute atomic E-state index is 0.109. The molecule has 8 heteroatoms. The first-order valence-electron chi connectivity index (χ1n) is 7.80. The summed E-state index contributed by atoms with van der Waals surface area (Å²) in [6, 6.07) is 4.93. The molecule has 0 aliphatic carbocycles. The fourth-order valence-corrected chi connectivity index (χ4v) is 2.35. The molecule has 8 nitrogen and oxygen atoms in total. The third-order valence-electron chi connectivity index (χ3n) is 3.57. The molecule has 1 atom stereocenters. The Hall–Kier alpha value is -2.48. The van der Waals surface area contributed by atoms with Crippen molar-refractivity contribution in [2.75, 3.05) is 26.9 Å². The number of ether oxygens (including phenoxy) is 3. The Kier molecular flexibility index (Phi) is 6.68. The summed E-state index contributed by atoms with van der Waals surface area (Å²) < 4.78 is 15.9. The Morgan fingerprint density at radius 2 is 2.17 bits per heavy atom. The molecule has 1 unspecified atom stereocenters. The van der Waals surface area contributed by atoms with Crippen LogP contribution >= 0.6 is 0 Å². The first kappa shape index (κ1) is 17.9. The van der Waals surface area contributed by atoms with Crippen molar-refractivity contribution in [3.63, 3.8) is 0 Å². The van der Waals surface area contributed by atoms with E-state index in [1.807, 2.05) is 0 Å². The zero-order valence-electron chi connectivity index (χ0n) is 13.7. The van der Waals surface area contributed by atoms with Crippen LogP contribution in [0, 0.1) is 0 Å². The number of benzene rings is 1. The maximum atomic E-state index is 11.8. The summed E-state index contributed by atoms with van der Waals surface area (Å²) in [5.74, 6) is 0.323. The average Bonchev–Trinajstić information content (AvgIpc) is 3.10. The molecule has 132 valence electrons. The minimum atomic E-state index is -0.564. The Labute approximate surface area is 140 Å². The van der Waals surface area contributed by atoms with Crippen LogP contribution in [0.15, 0.2) is 18.2 Å². The Morgan fingerprint density at radius 1 is 1.33 bits per heavy atom. The van der Waals surface area contributed by atoms with Crippen molar-refractivity contribution < 1.29 is 23.8 Å². The second kappa shape index (κ2) is 8.97. The number of nitrogens with two attached hydrogens (primary N) is 1. The highest BCUT2D eigenvalue weighted by Gasteiger charge is 2.16. The van der Waals surface area contributed by atoms with Gasteiger partial charge in [0, 0.05) is 19.7 Å². The summed E-state index contributed by atoms with van der Waals surface area (Å²) in [7, 11) is 1.50. The maximum Gasteiger partial charge on any atom is 0.315 e. The highest BCUT2D eigenvalue weighted by molar-refractivity contribution is 5.75. The quantitative estimate of drug-likeness (QED) is 0.641. The van der Waals surface area contributed by atoms with Crippen molar-refractivity contribution in [2.24, 2.45) is 5.73 Å². The summed E-state index contributed by atoms with van der Waals surface area (Å²) in [4.78, 5) is 22.6. The maximum absolute atomic E-state index is 11.8. The van der Waals surface area contributed by atoms with Gasteiger partial charge in [-0.2, -0.15) is 0 Å². The molecule has 0 aromatic heterocycles. The van der Waals surface area contributed by atoms with Crippen LogP contribution in [0.4, 0.5) is 4.79 Å². The van der Waals surface area contributed by atoms with Gasteiger partial charge in [-0.3, -0.25) is 4.79 Å². The van der Waals surface area contributed by atoms with E-state index in [2.05, 4.69) is 10.6 Å². The van der Waals surface area contributed by atoms with Crippen LogP contribution in [0.1, 0.15) is 18.4 Å². The molecule has 1 aliphatic rings. The van der Waals surface area contributed by atoms with Gasteiger partial charge in [-0.1, -0.05) is 6.07 Å². The van der Waals surface area contributed by atoms with Gasteiger partial charge in [0.05, 0.1) is 13.2 Å². The second-order valence-electron chi connectivity index (χ2n) is 5.44. The smallest absolute Gasteiger partial charge is 0.315 e. The molecule has 1 aliphatic heterocycles. The lowest BCUT2D eigenvalue weighted by Gasteiger charge is -2.13. The largest absolute Gasteiger partial charge is 0.493 e. The van der Waals surface area contributed by atoms with Crippen molar-refractivity contribution >= 4 is 11.9 Å². The van der Waals surface area contributed by atoms with Gasteiger partial charge in [0.15, 0.2) is 18.1 Å². The SMILES string of the molecule is COc1cc(CNC(=O)NCC2CCCO2)ccc1OCC(N)=O. The van der Waals surface area contributed by atoms with Gasteiger partial charge < -0.3 is 30.6 Å². The average molecular weight is 337 g/mol. The Morgan fingerprint density at radius 3 is 2.83 bits per heavy atom. The third-order valence-corrected chi connectivity index (χ3v) is 3.57. The van der Waals surface area contributed by atoms with Crippen LogP contribution in [-0.4, -0.2) is 44.9 Å². The summed E-state index contributed by atoms with van der Waals surface area (Å²) >= 11 is 0. The van der Waals surface area contributed by atoms with Gasteiger partial charge >= 0.3 is 6.03 Å². The molecule has 1 heterocycles. The molecule has 0 radical (unpaired) electrons. The number of methoxy groups -OCH3 is 1. The number of hydrogen-bond donors (Lipinski definition) is 3. The van der Waals surface area contributed by atoms with Gasteiger partial charge in [0.2, 0.25) is 0 Å². The first-order valence-corrected chi connectivity index (χ1v) is 7.80. The van der Waals surface area contributed by atoms with Crippen LogP contribution in [0.25, 0.3) is 0 Å². The molecule has 24 heavy (non-hydrogen) atoms. The standard InChI is InChI=1S/C16H23N3O5/c1-22-14-7-11(4-5-13(14)24-10-15(17)20)8-18-16(21)19-9-12-3-2-6-23-12/h4-5,7,12H,2-3,6,8-10H2,1H3,(H2,17,20)(H2,18,19,21). The van der Waals surface area contributed by atoms with Gasteiger partial charge in [-0.15, -0.1) is 0 Å². The molecule has 0 bridgehead atoms. The van der Waals surface area contributed by atoms with E-state index in [1.54, 1.807) is 18.2 Å². The molecule has 0 spiro atoms. The van der Waals surface area contributed by atoms with Crippen LogP contribution in [0.5, 0.6) is 11.5 Å². The number of nitrogens with one attached hydrogen (secondary N) is 2. The molecule has 0 saturated carbocycles. The minimum Gasteiger partial charge on any atom is -0.493 e. The molecule has 3 amide bonds. The lowest BCUT2D eigenvalue weighted by Crippen LogP contribution is -2.39. The number of carbonyl (C=O) groups is 2. The fraction of sp³-hybridized carbons (Fsp3) is 0.500. The van der Waals surface area contributed by atoms with E-state index in [9.17, 15) is 9.59 Å². The molecule has 1 saturated heterocycles. The van der Waals surface area contributed by atoms with Crippen molar-refractivity contribution in [3.8, 4) is 11.5 Å². The van der Waals surface area contributed by atoms with Crippen LogP contribution < -0.4 is 25.8 Å². The molecular formula is C16H23N3O5. The van der Waals surface area contributed by atoms with E-state index in [-0.39, 0.29) is 18.7 Å². The zero-order valence-corrected chi connectivity index (χ0v) is 13.7. The molecule has 1 aromatic carbocycles. The van der Waals surface area contributed by atoms with E-state index in [0.717, 1.165) is 25.0 Å². The molecule has 2 rings (SSSR count). The number of hydrogen-bond acceptors (Lipinski definition) is 5. The molecular weight excluding hydrogens is 314 g/mol. The van der Waals surface area contributed by atoms with E-state index in [0.29, 0.717) is 24.6 Å². The van der Waals surface area contributed by atoms with E-state index in [1.165, 1.54) is 7.11 Å². The molecule has 1 fully saturated rings. The number of rotatable bonds is 8. The van der Waals surface area contributed by atoms with Crippen molar-refractivity contribution in [3.05, 3.63) is 23.8 Å². The summed E-state index contributed by atoms with van der Waals surface area (Å²) in [6.45, 7) is 1.39. The normalized spacial score (nSPS) is 16.5. The summed E-state index contributed by atoms with van der Waals surface area (Å²) in [5.41, 5.74) is 5.89. The number of amides is 3. The Balaban J connectivity index is 1.80. The lowest BCUT2D eigenvalue weighted by atomic mass is 10.2. The van der Waals surface area contributed by atoms with E-state index < -0.39 is 5.91 Å². The molecule has 4 N–H and O–H groups in total. The third kappa shape index (κ3) is 5.62. The highest BCUT2D eigenvalue weighted by atomic mass is 16.5. The predicted octanol–water partition coefficient (Wildman–Crippen LogP) is 0.538. The highest BCUT2D eigenvalue weighted by Crippen LogP contribution is 2.27. The number of urea groups is 1. The monoisotopic (exact) mass is 337 g/mol. The van der Waals surface area contributed by atoms with Gasteiger partial charge in [-0.25, -0.2) is 4.79 Å². The van der Waals surface area contributed by atoms with Crippen LogP contribution in [0.2, 0.25) is 0 Å². The van der Waals surface area contributed by atoms with Crippen molar-refractivity contribution in [1.29, 1.82) is 0 Å². The van der Waals surface area contributed by atoms with Gasteiger partial charge in [-0.05, 0) is 30.5 Å². The second-order valence-corrected chi connectivity index (χ2v) is 5.44. The summed E-state index contributed by atoms with van der Waals surface area (Å²) in [6.07, 6.45) is 2.12. The van der Waals surface area contributed by atoms with Crippen molar-refractivity contribution in [1.82, 2.24) is 10.6 Å². The first-order chi connectivity index (χ1) is 11.6. The Bertz CT molecular complexity index is 573. The predicted molar refractivity (Wildman–Crippen MR) is 86.9 cm³/mol. The lowest BCUT2D eigenvalue weighted by molar-refractivity contribution is -0.119. The van der Waals surface area contributed by atoms with E-state index in [4.69, 9.17) is 19.9 Å².